The van der Waals surface area contributed by atoms with E-state index in [0.29, 0.717) is 22.6 Å². The third-order valence-corrected chi connectivity index (χ3v) is 6.25. The molecule has 2 N–H and O–H groups in total. The highest BCUT2D eigenvalue weighted by Gasteiger charge is 2.22. The van der Waals surface area contributed by atoms with Gasteiger partial charge in [-0.1, -0.05) is 39.0 Å². The van der Waals surface area contributed by atoms with E-state index in [-0.39, 0.29) is 22.8 Å². The summed E-state index contributed by atoms with van der Waals surface area (Å²) in [5.41, 5.74) is 2.08. The molecule has 0 atom stereocenters. The van der Waals surface area contributed by atoms with Gasteiger partial charge in [0.1, 0.15) is 5.76 Å². The summed E-state index contributed by atoms with van der Waals surface area (Å²) < 4.78 is 33.9. The van der Waals surface area contributed by atoms with Crippen molar-refractivity contribution in [2.45, 2.75) is 44.6 Å². The van der Waals surface area contributed by atoms with Crippen LogP contribution < -0.4 is 10.0 Å². The van der Waals surface area contributed by atoms with Crippen molar-refractivity contribution in [3.63, 3.8) is 0 Å². The Balaban J connectivity index is 1.80. The molecule has 0 spiro atoms. The van der Waals surface area contributed by atoms with E-state index in [4.69, 9.17) is 4.42 Å². The molecular weight excluding hydrogens is 400 g/mol. The van der Waals surface area contributed by atoms with Crippen molar-refractivity contribution in [2.75, 3.05) is 4.72 Å². The summed E-state index contributed by atoms with van der Waals surface area (Å²) in [5, 5.41) is 2.75. The van der Waals surface area contributed by atoms with Crippen molar-refractivity contribution in [1.29, 1.82) is 0 Å². The largest absolute Gasteiger partial charge is 0.467 e. The second-order valence-corrected chi connectivity index (χ2v) is 9.83. The summed E-state index contributed by atoms with van der Waals surface area (Å²) in [6.45, 7) is 8.12. The minimum Gasteiger partial charge on any atom is -0.467 e. The van der Waals surface area contributed by atoms with Crippen LogP contribution in [0.2, 0.25) is 0 Å². The fourth-order valence-corrected chi connectivity index (χ4v) is 4.29. The van der Waals surface area contributed by atoms with Gasteiger partial charge in [0.05, 0.1) is 17.7 Å². The maximum atomic E-state index is 13.0. The highest BCUT2D eigenvalue weighted by Crippen LogP contribution is 2.28. The second kappa shape index (κ2) is 8.36. The molecule has 6 nitrogen and oxygen atoms in total. The number of sulfonamides is 1. The van der Waals surface area contributed by atoms with Crippen molar-refractivity contribution < 1.29 is 17.6 Å². The summed E-state index contributed by atoms with van der Waals surface area (Å²) in [6.07, 6.45) is 1.54. The van der Waals surface area contributed by atoms with Crippen molar-refractivity contribution in [1.82, 2.24) is 5.32 Å². The summed E-state index contributed by atoms with van der Waals surface area (Å²) in [5.74, 6) is 0.313. The van der Waals surface area contributed by atoms with E-state index in [9.17, 15) is 13.2 Å². The fraction of sp³-hybridized carbons (Fsp3) is 0.261. The Hall–Kier alpha value is -3.06. The number of carbonyl (C=O) groups excluding carboxylic acids is 1. The van der Waals surface area contributed by atoms with E-state index in [0.717, 1.165) is 5.56 Å². The lowest BCUT2D eigenvalue weighted by Crippen LogP contribution is -2.23. The van der Waals surface area contributed by atoms with Crippen LogP contribution in [0.25, 0.3) is 0 Å². The number of carbonyl (C=O) groups is 1. The highest BCUT2D eigenvalue weighted by molar-refractivity contribution is 7.92. The molecule has 7 heteroatoms. The molecule has 0 saturated heterocycles. The Morgan fingerprint density at radius 3 is 2.47 bits per heavy atom. The van der Waals surface area contributed by atoms with Crippen LogP contribution in [0.15, 0.2) is 70.2 Å². The van der Waals surface area contributed by atoms with E-state index in [2.05, 4.69) is 10.0 Å². The van der Waals surface area contributed by atoms with Crippen molar-refractivity contribution >= 4 is 21.6 Å². The van der Waals surface area contributed by atoms with E-state index >= 15 is 0 Å². The van der Waals surface area contributed by atoms with Crippen LogP contribution in [0.4, 0.5) is 5.69 Å². The molecule has 30 heavy (non-hydrogen) atoms. The molecule has 0 fully saturated rings. The van der Waals surface area contributed by atoms with Gasteiger partial charge in [-0.05, 0) is 59.9 Å². The zero-order chi connectivity index (χ0) is 21.9. The van der Waals surface area contributed by atoms with Crippen LogP contribution in [0.3, 0.4) is 0 Å². The molecule has 1 aromatic heterocycles. The summed E-state index contributed by atoms with van der Waals surface area (Å²) >= 11 is 0. The van der Waals surface area contributed by atoms with Crippen LogP contribution in [-0.4, -0.2) is 14.3 Å². The SMILES string of the molecule is Cc1ccc(C(C)(C)C)cc1S(=O)(=O)Nc1cccc(C(=O)NCc2ccco2)c1. The number of amides is 1. The second-order valence-electron chi connectivity index (χ2n) is 8.18. The topological polar surface area (TPSA) is 88.4 Å². The van der Waals surface area contributed by atoms with Gasteiger partial charge in [0.25, 0.3) is 15.9 Å². The van der Waals surface area contributed by atoms with Gasteiger partial charge < -0.3 is 9.73 Å². The number of rotatable bonds is 6. The van der Waals surface area contributed by atoms with Gasteiger partial charge >= 0.3 is 0 Å². The smallest absolute Gasteiger partial charge is 0.262 e. The normalized spacial score (nSPS) is 11.9. The number of aryl methyl sites for hydroxylation is 1. The van der Waals surface area contributed by atoms with Crippen LogP contribution in [0, 0.1) is 6.92 Å². The Labute approximate surface area is 177 Å². The zero-order valence-corrected chi connectivity index (χ0v) is 18.3. The van der Waals surface area contributed by atoms with Crippen LogP contribution in [0.1, 0.15) is 48.0 Å². The number of furan rings is 1. The first-order valence-corrected chi connectivity index (χ1v) is 11.1. The third kappa shape index (κ3) is 5.10. The predicted molar refractivity (Wildman–Crippen MR) is 117 cm³/mol. The number of anilines is 1. The first kappa shape index (κ1) is 21.6. The van der Waals surface area contributed by atoms with Gasteiger partial charge in [-0.15, -0.1) is 0 Å². The Morgan fingerprint density at radius 2 is 1.80 bits per heavy atom. The lowest BCUT2D eigenvalue weighted by atomic mass is 9.87. The van der Waals surface area contributed by atoms with Gasteiger partial charge in [-0.2, -0.15) is 0 Å². The summed E-state index contributed by atoms with van der Waals surface area (Å²) in [6, 6.07) is 15.4. The minimum absolute atomic E-state index is 0.177. The Morgan fingerprint density at radius 1 is 1.03 bits per heavy atom. The van der Waals surface area contributed by atoms with Crippen LogP contribution >= 0.6 is 0 Å². The molecule has 0 unspecified atom stereocenters. The molecule has 1 amide bonds. The molecule has 0 aliphatic heterocycles. The minimum atomic E-state index is -3.81. The monoisotopic (exact) mass is 426 g/mol. The van der Waals surface area contributed by atoms with Crippen molar-refractivity contribution in [3.8, 4) is 0 Å². The standard InChI is InChI=1S/C23H26N2O4S/c1-16-10-11-18(23(2,3)4)14-21(16)30(27,28)25-19-8-5-7-17(13-19)22(26)24-15-20-9-6-12-29-20/h5-14,25H,15H2,1-4H3,(H,24,26). The van der Waals surface area contributed by atoms with E-state index in [1.807, 2.05) is 32.9 Å². The lowest BCUT2D eigenvalue weighted by molar-refractivity contribution is 0.0948. The average molecular weight is 427 g/mol. The maximum Gasteiger partial charge on any atom is 0.262 e. The maximum absolute atomic E-state index is 13.0. The summed E-state index contributed by atoms with van der Waals surface area (Å²) in [4.78, 5) is 12.6. The molecule has 2 aromatic carbocycles. The molecule has 1 heterocycles. The van der Waals surface area contributed by atoms with E-state index < -0.39 is 10.0 Å². The molecule has 0 saturated carbocycles. The highest BCUT2D eigenvalue weighted by atomic mass is 32.2. The molecule has 0 radical (unpaired) electrons. The first-order chi connectivity index (χ1) is 14.1. The van der Waals surface area contributed by atoms with Crippen molar-refractivity contribution in [2.24, 2.45) is 0 Å². The van der Waals surface area contributed by atoms with Gasteiger partial charge in [-0.25, -0.2) is 8.42 Å². The predicted octanol–water partition coefficient (Wildman–Crippen LogP) is 4.62. The number of hydrogen-bond acceptors (Lipinski definition) is 4. The van der Waals surface area contributed by atoms with Gasteiger partial charge in [0, 0.05) is 11.3 Å². The molecule has 0 aliphatic rings. The molecule has 3 rings (SSSR count). The third-order valence-electron chi connectivity index (χ3n) is 4.72. The number of hydrogen-bond donors (Lipinski definition) is 2. The zero-order valence-electron chi connectivity index (χ0n) is 17.5. The van der Waals surface area contributed by atoms with Gasteiger partial charge in [0.15, 0.2) is 0 Å². The fourth-order valence-electron chi connectivity index (χ4n) is 2.97. The average Bonchev–Trinajstić information content (AvgIpc) is 3.19. The Bertz CT molecular complexity index is 1140. The van der Waals surface area contributed by atoms with Crippen LogP contribution in [0.5, 0.6) is 0 Å². The number of benzene rings is 2. The molecule has 0 aliphatic carbocycles. The van der Waals surface area contributed by atoms with Crippen molar-refractivity contribution in [3.05, 3.63) is 83.3 Å². The molecule has 158 valence electrons. The lowest BCUT2D eigenvalue weighted by Gasteiger charge is -2.21. The molecular formula is C23H26N2O4S. The first-order valence-electron chi connectivity index (χ1n) is 9.61. The molecule has 0 bridgehead atoms. The van der Waals surface area contributed by atoms with Crippen LogP contribution in [-0.2, 0) is 22.0 Å². The van der Waals surface area contributed by atoms with Gasteiger partial charge in [-0.3, -0.25) is 9.52 Å². The quantitative estimate of drug-likeness (QED) is 0.602. The number of nitrogens with one attached hydrogen (secondary N) is 2. The van der Waals surface area contributed by atoms with E-state index in [1.54, 1.807) is 43.3 Å². The summed E-state index contributed by atoms with van der Waals surface area (Å²) in [7, 11) is -3.81. The molecule has 3 aromatic rings. The van der Waals surface area contributed by atoms with Gasteiger partial charge in [0.2, 0.25) is 0 Å². The Kier molecular flexibility index (Phi) is 6.03. The van der Waals surface area contributed by atoms with E-state index in [1.165, 1.54) is 12.3 Å².